The monoisotopic (exact) mass is 243 g/mol. The van der Waals surface area contributed by atoms with E-state index in [1.807, 2.05) is 36.4 Å². The number of fused-ring (bicyclic) bond motifs is 1. The van der Waals surface area contributed by atoms with E-state index in [2.05, 4.69) is 5.32 Å². The first-order chi connectivity index (χ1) is 8.58. The van der Waals surface area contributed by atoms with Crippen LogP contribution in [0.5, 0.6) is 0 Å². The number of nitrogens with one attached hydrogen (secondary N) is 1. The smallest absolute Gasteiger partial charge is 0.315 e. The number of hydrogen-bond donors (Lipinski definition) is 2. The number of hydrogen-bond acceptors (Lipinski definition) is 2. The normalized spacial score (nSPS) is 12.1. The Labute approximate surface area is 104 Å². The van der Waals surface area contributed by atoms with Crippen molar-refractivity contribution in [2.75, 3.05) is 5.32 Å². The highest BCUT2D eigenvalue weighted by molar-refractivity contribution is 6.04. The van der Waals surface area contributed by atoms with Gasteiger partial charge in [0.1, 0.15) is 5.92 Å². The molecule has 1 atom stereocenters. The maximum Gasteiger partial charge on any atom is 0.315 e. The molecule has 1 amide bonds. The van der Waals surface area contributed by atoms with Crippen molar-refractivity contribution in [3.05, 3.63) is 42.5 Å². The molecule has 18 heavy (non-hydrogen) atoms. The van der Waals surface area contributed by atoms with Crippen molar-refractivity contribution >= 4 is 28.3 Å². The Balaban J connectivity index is 2.22. The molecule has 0 aliphatic heterocycles. The predicted octanol–water partition coefficient (Wildman–Crippen LogP) is 2.50. The minimum Gasteiger partial charge on any atom is -0.481 e. The van der Waals surface area contributed by atoms with Crippen LogP contribution in [0.2, 0.25) is 0 Å². The fourth-order valence-corrected chi connectivity index (χ4v) is 1.63. The molecule has 4 heteroatoms. The average Bonchev–Trinajstić information content (AvgIpc) is 2.37. The van der Waals surface area contributed by atoms with Gasteiger partial charge in [-0.1, -0.05) is 30.3 Å². The Morgan fingerprint density at radius 1 is 1.11 bits per heavy atom. The first-order valence-electron chi connectivity index (χ1n) is 5.60. The minimum atomic E-state index is -1.13. The van der Waals surface area contributed by atoms with E-state index in [0.717, 1.165) is 10.8 Å². The predicted molar refractivity (Wildman–Crippen MR) is 69.4 cm³/mol. The highest BCUT2D eigenvalue weighted by atomic mass is 16.4. The molecular weight excluding hydrogens is 230 g/mol. The van der Waals surface area contributed by atoms with Gasteiger partial charge in [-0.2, -0.15) is 0 Å². The van der Waals surface area contributed by atoms with Gasteiger partial charge in [-0.15, -0.1) is 0 Å². The van der Waals surface area contributed by atoms with Crippen molar-refractivity contribution in [3.63, 3.8) is 0 Å². The molecule has 0 saturated carbocycles. The van der Waals surface area contributed by atoms with Gasteiger partial charge < -0.3 is 10.4 Å². The molecule has 0 spiro atoms. The second-order valence-electron chi connectivity index (χ2n) is 4.11. The minimum absolute atomic E-state index is 0.516. The molecule has 2 aromatic carbocycles. The summed E-state index contributed by atoms with van der Waals surface area (Å²) in [5, 5.41) is 13.4. The van der Waals surface area contributed by atoms with Gasteiger partial charge >= 0.3 is 5.97 Å². The van der Waals surface area contributed by atoms with E-state index in [4.69, 9.17) is 5.11 Å². The van der Waals surface area contributed by atoms with Crippen molar-refractivity contribution < 1.29 is 14.7 Å². The lowest BCUT2D eigenvalue weighted by atomic mass is 10.1. The first-order valence-corrected chi connectivity index (χ1v) is 5.60. The van der Waals surface area contributed by atoms with Gasteiger partial charge in [-0.25, -0.2) is 0 Å². The van der Waals surface area contributed by atoms with Gasteiger partial charge in [0.25, 0.3) is 0 Å². The summed E-state index contributed by atoms with van der Waals surface area (Å²) in [6.45, 7) is 1.36. The molecule has 2 N–H and O–H groups in total. The van der Waals surface area contributed by atoms with Gasteiger partial charge in [0, 0.05) is 5.69 Å². The highest BCUT2D eigenvalue weighted by Crippen LogP contribution is 2.19. The van der Waals surface area contributed by atoms with E-state index in [0.29, 0.717) is 5.69 Å². The third kappa shape index (κ3) is 2.48. The molecule has 1 unspecified atom stereocenters. The summed E-state index contributed by atoms with van der Waals surface area (Å²) in [4.78, 5) is 22.3. The maximum atomic E-state index is 11.6. The number of amides is 1. The molecule has 0 aliphatic rings. The summed E-state index contributed by atoms with van der Waals surface area (Å²) in [5.41, 5.74) is 0.604. The molecule has 0 fully saturated rings. The topological polar surface area (TPSA) is 66.4 Å². The zero-order valence-electron chi connectivity index (χ0n) is 9.88. The highest BCUT2D eigenvalue weighted by Gasteiger charge is 2.20. The van der Waals surface area contributed by atoms with E-state index < -0.39 is 17.8 Å². The summed E-state index contributed by atoms with van der Waals surface area (Å²) < 4.78 is 0. The number of carboxylic acid groups (broad SMARTS) is 1. The lowest BCUT2D eigenvalue weighted by Crippen LogP contribution is -2.26. The van der Waals surface area contributed by atoms with E-state index in [1.165, 1.54) is 6.92 Å². The van der Waals surface area contributed by atoms with Crippen LogP contribution in [0.3, 0.4) is 0 Å². The van der Waals surface area contributed by atoms with Crippen LogP contribution in [0, 0.1) is 5.92 Å². The number of carboxylic acids is 1. The van der Waals surface area contributed by atoms with Gasteiger partial charge in [-0.3, -0.25) is 9.59 Å². The Bertz CT molecular complexity index is 607. The Kier molecular flexibility index (Phi) is 3.28. The summed E-state index contributed by atoms with van der Waals surface area (Å²) in [6.07, 6.45) is 0. The molecular formula is C14H13NO3. The zero-order valence-corrected chi connectivity index (χ0v) is 9.88. The molecule has 0 heterocycles. The largest absolute Gasteiger partial charge is 0.481 e. The molecule has 4 nitrogen and oxygen atoms in total. The Morgan fingerprint density at radius 2 is 1.78 bits per heavy atom. The fourth-order valence-electron chi connectivity index (χ4n) is 1.63. The van der Waals surface area contributed by atoms with E-state index >= 15 is 0 Å². The van der Waals surface area contributed by atoms with E-state index in [1.54, 1.807) is 6.07 Å². The number of carbonyl (C=O) groups is 2. The summed E-state index contributed by atoms with van der Waals surface area (Å²) in [5.74, 6) is -2.71. The van der Waals surface area contributed by atoms with Crippen LogP contribution < -0.4 is 5.32 Å². The van der Waals surface area contributed by atoms with Crippen LogP contribution in [0.15, 0.2) is 42.5 Å². The lowest BCUT2D eigenvalue weighted by Gasteiger charge is -2.09. The number of benzene rings is 2. The third-order valence-electron chi connectivity index (χ3n) is 2.78. The van der Waals surface area contributed by atoms with Crippen LogP contribution in [0.4, 0.5) is 5.69 Å². The van der Waals surface area contributed by atoms with Crippen LogP contribution >= 0.6 is 0 Å². The fraction of sp³-hybridized carbons (Fsp3) is 0.143. The number of aliphatic carboxylic acids is 1. The molecule has 0 bridgehead atoms. The van der Waals surface area contributed by atoms with Crippen molar-refractivity contribution in [1.82, 2.24) is 0 Å². The number of rotatable bonds is 3. The summed E-state index contributed by atoms with van der Waals surface area (Å²) >= 11 is 0. The van der Waals surface area contributed by atoms with Crippen molar-refractivity contribution in [2.24, 2.45) is 5.92 Å². The third-order valence-corrected chi connectivity index (χ3v) is 2.78. The Hall–Kier alpha value is -2.36. The molecule has 0 aromatic heterocycles. The molecule has 0 saturated heterocycles. The zero-order chi connectivity index (χ0) is 13.1. The van der Waals surface area contributed by atoms with Crippen LogP contribution in [0.1, 0.15) is 6.92 Å². The first kappa shape index (κ1) is 12.1. The summed E-state index contributed by atoms with van der Waals surface area (Å²) in [7, 11) is 0. The number of anilines is 1. The Morgan fingerprint density at radius 3 is 2.44 bits per heavy atom. The van der Waals surface area contributed by atoms with Crippen LogP contribution in [-0.2, 0) is 9.59 Å². The van der Waals surface area contributed by atoms with E-state index in [9.17, 15) is 9.59 Å². The number of carbonyl (C=O) groups excluding carboxylic acids is 1. The van der Waals surface area contributed by atoms with Crippen molar-refractivity contribution in [1.29, 1.82) is 0 Å². The van der Waals surface area contributed by atoms with Crippen molar-refractivity contribution in [3.8, 4) is 0 Å². The van der Waals surface area contributed by atoms with Gasteiger partial charge in [0.2, 0.25) is 5.91 Å². The quantitative estimate of drug-likeness (QED) is 0.814. The van der Waals surface area contributed by atoms with Crippen LogP contribution in [0.25, 0.3) is 10.8 Å². The van der Waals surface area contributed by atoms with Crippen LogP contribution in [-0.4, -0.2) is 17.0 Å². The van der Waals surface area contributed by atoms with Gasteiger partial charge in [-0.05, 0) is 29.8 Å². The van der Waals surface area contributed by atoms with Gasteiger partial charge in [0.15, 0.2) is 0 Å². The standard InChI is InChI=1S/C14H13NO3/c1-9(14(17)18)13(16)15-12-7-6-10-4-2-3-5-11(10)8-12/h2-9H,1H3,(H,15,16)(H,17,18). The molecule has 2 aromatic rings. The average molecular weight is 243 g/mol. The van der Waals surface area contributed by atoms with Crippen molar-refractivity contribution in [2.45, 2.75) is 6.92 Å². The summed E-state index contributed by atoms with van der Waals surface area (Å²) in [6, 6.07) is 13.2. The maximum absolute atomic E-state index is 11.6. The van der Waals surface area contributed by atoms with Gasteiger partial charge in [0.05, 0.1) is 0 Å². The molecule has 2 rings (SSSR count). The molecule has 0 aliphatic carbocycles. The lowest BCUT2D eigenvalue weighted by molar-refractivity contribution is -0.144. The van der Waals surface area contributed by atoms with E-state index in [-0.39, 0.29) is 0 Å². The molecule has 0 radical (unpaired) electrons. The SMILES string of the molecule is CC(C(=O)O)C(=O)Nc1ccc2ccccc2c1. The second-order valence-corrected chi connectivity index (χ2v) is 4.11. The molecule has 92 valence electrons. The second kappa shape index (κ2) is 4.87.